The van der Waals surface area contributed by atoms with Crippen LogP contribution >= 0.6 is 0 Å². The van der Waals surface area contributed by atoms with Crippen LogP contribution in [0.4, 0.5) is 20.2 Å². The Hall–Kier alpha value is -2.23. The summed E-state index contributed by atoms with van der Waals surface area (Å²) in [4.78, 5) is 12.8. The summed E-state index contributed by atoms with van der Waals surface area (Å²) in [6.07, 6.45) is 0. The highest BCUT2D eigenvalue weighted by Gasteiger charge is 2.10. The highest BCUT2D eigenvalue weighted by Crippen LogP contribution is 2.26. The Labute approximate surface area is 110 Å². The molecule has 0 amide bonds. The molecular formula is C15H13F2NO. The Balaban J connectivity index is 2.33. The van der Waals surface area contributed by atoms with Crippen molar-refractivity contribution in [2.24, 2.45) is 0 Å². The zero-order valence-electron chi connectivity index (χ0n) is 10.7. The summed E-state index contributed by atoms with van der Waals surface area (Å²) in [5.74, 6) is -1.26. The summed E-state index contributed by atoms with van der Waals surface area (Å²) >= 11 is 0. The molecule has 2 nitrogen and oxygen atoms in total. The van der Waals surface area contributed by atoms with Crippen LogP contribution in [0.1, 0.15) is 17.3 Å². The fraction of sp³-hybridized carbons (Fsp3) is 0.133. The van der Waals surface area contributed by atoms with Crippen molar-refractivity contribution in [2.75, 3.05) is 11.9 Å². The van der Waals surface area contributed by atoms with E-state index in [1.54, 1.807) is 36.2 Å². The van der Waals surface area contributed by atoms with Crippen LogP contribution < -0.4 is 4.90 Å². The maximum absolute atomic E-state index is 13.7. The van der Waals surface area contributed by atoms with Crippen LogP contribution in [0.3, 0.4) is 0 Å². The largest absolute Gasteiger partial charge is 0.342 e. The molecule has 2 aromatic carbocycles. The van der Waals surface area contributed by atoms with Crippen molar-refractivity contribution in [2.45, 2.75) is 6.92 Å². The molecule has 0 heterocycles. The first kappa shape index (κ1) is 13.2. The van der Waals surface area contributed by atoms with E-state index in [1.807, 2.05) is 0 Å². The van der Waals surface area contributed by atoms with Crippen LogP contribution in [0.15, 0.2) is 42.5 Å². The lowest BCUT2D eigenvalue weighted by atomic mass is 10.1. The van der Waals surface area contributed by atoms with E-state index in [4.69, 9.17) is 0 Å². The molecule has 0 aliphatic rings. The van der Waals surface area contributed by atoms with E-state index in [1.165, 1.54) is 19.1 Å². The molecule has 0 radical (unpaired) electrons. The van der Waals surface area contributed by atoms with Gasteiger partial charge in [0.05, 0.1) is 5.69 Å². The first-order valence-electron chi connectivity index (χ1n) is 5.79. The minimum Gasteiger partial charge on any atom is -0.342 e. The van der Waals surface area contributed by atoms with Gasteiger partial charge in [-0.1, -0.05) is 0 Å². The Bertz CT molecular complexity index is 608. The Morgan fingerprint density at radius 3 is 2.21 bits per heavy atom. The molecule has 0 spiro atoms. The number of carbonyl (C=O) groups excluding carboxylic acids is 1. The maximum atomic E-state index is 13.7. The monoisotopic (exact) mass is 261 g/mol. The summed E-state index contributed by atoms with van der Waals surface area (Å²) in [6, 6.07) is 10.2. The van der Waals surface area contributed by atoms with Crippen molar-refractivity contribution >= 4 is 17.2 Å². The third-order valence-corrected chi connectivity index (χ3v) is 2.93. The number of benzene rings is 2. The average Bonchev–Trinajstić information content (AvgIpc) is 2.38. The summed E-state index contributed by atoms with van der Waals surface area (Å²) < 4.78 is 26.5. The van der Waals surface area contributed by atoms with Crippen LogP contribution in [0.2, 0.25) is 0 Å². The molecule has 0 saturated carbocycles. The number of hydrogen-bond donors (Lipinski definition) is 0. The van der Waals surface area contributed by atoms with Gasteiger partial charge in [-0.25, -0.2) is 8.78 Å². The molecular weight excluding hydrogens is 248 g/mol. The van der Waals surface area contributed by atoms with Gasteiger partial charge in [-0.2, -0.15) is 0 Å². The summed E-state index contributed by atoms with van der Waals surface area (Å²) in [6.45, 7) is 1.48. The average molecular weight is 261 g/mol. The molecule has 2 aromatic rings. The lowest BCUT2D eigenvalue weighted by Crippen LogP contribution is -2.11. The first-order chi connectivity index (χ1) is 8.99. The van der Waals surface area contributed by atoms with E-state index in [0.29, 0.717) is 5.56 Å². The molecule has 0 aliphatic heterocycles. The Morgan fingerprint density at radius 2 is 1.68 bits per heavy atom. The number of anilines is 2. The lowest BCUT2D eigenvalue weighted by Gasteiger charge is -2.20. The summed E-state index contributed by atoms with van der Waals surface area (Å²) in [5, 5.41) is 0. The Morgan fingerprint density at radius 1 is 1.05 bits per heavy atom. The molecule has 2 rings (SSSR count). The molecule has 0 N–H and O–H groups in total. The maximum Gasteiger partial charge on any atom is 0.159 e. The van der Waals surface area contributed by atoms with Gasteiger partial charge >= 0.3 is 0 Å². The smallest absolute Gasteiger partial charge is 0.159 e. The Kier molecular flexibility index (Phi) is 3.60. The predicted octanol–water partition coefficient (Wildman–Crippen LogP) is 3.94. The fourth-order valence-electron chi connectivity index (χ4n) is 1.81. The molecule has 0 aliphatic carbocycles. The second-order valence-electron chi connectivity index (χ2n) is 4.26. The normalized spacial score (nSPS) is 10.3. The zero-order valence-corrected chi connectivity index (χ0v) is 10.7. The number of hydrogen-bond acceptors (Lipinski definition) is 2. The van der Waals surface area contributed by atoms with E-state index in [2.05, 4.69) is 0 Å². The van der Waals surface area contributed by atoms with Gasteiger partial charge in [-0.15, -0.1) is 0 Å². The van der Waals surface area contributed by atoms with Gasteiger partial charge in [0.25, 0.3) is 0 Å². The molecule has 0 saturated heterocycles. The SMILES string of the molecule is CC(=O)c1ccc(N(C)c2ccc(F)cc2F)cc1. The number of halogens is 2. The fourth-order valence-corrected chi connectivity index (χ4v) is 1.81. The molecule has 0 atom stereocenters. The highest BCUT2D eigenvalue weighted by molar-refractivity contribution is 5.94. The quantitative estimate of drug-likeness (QED) is 0.780. The molecule has 98 valence electrons. The van der Waals surface area contributed by atoms with Gasteiger partial charge in [0.15, 0.2) is 5.78 Å². The minimum absolute atomic E-state index is 0.0258. The number of nitrogens with zero attached hydrogens (tertiary/aromatic N) is 1. The second-order valence-corrected chi connectivity index (χ2v) is 4.26. The van der Waals surface area contributed by atoms with Gasteiger partial charge < -0.3 is 4.90 Å². The molecule has 4 heteroatoms. The minimum atomic E-state index is -0.627. The van der Waals surface area contributed by atoms with E-state index in [0.717, 1.165) is 11.8 Å². The third kappa shape index (κ3) is 2.78. The van der Waals surface area contributed by atoms with Crippen molar-refractivity contribution in [3.63, 3.8) is 0 Å². The topological polar surface area (TPSA) is 20.3 Å². The van der Waals surface area contributed by atoms with Gasteiger partial charge in [0, 0.05) is 24.4 Å². The molecule has 0 fully saturated rings. The number of ketones is 1. The van der Waals surface area contributed by atoms with Gasteiger partial charge in [0.2, 0.25) is 0 Å². The molecule has 0 unspecified atom stereocenters. The van der Waals surface area contributed by atoms with E-state index in [9.17, 15) is 13.6 Å². The van der Waals surface area contributed by atoms with Crippen LogP contribution in [0.25, 0.3) is 0 Å². The molecule has 0 aromatic heterocycles. The van der Waals surface area contributed by atoms with Gasteiger partial charge in [-0.05, 0) is 43.3 Å². The van der Waals surface area contributed by atoms with Gasteiger partial charge in [-0.3, -0.25) is 4.79 Å². The van der Waals surface area contributed by atoms with E-state index in [-0.39, 0.29) is 11.5 Å². The van der Waals surface area contributed by atoms with Crippen molar-refractivity contribution in [3.05, 3.63) is 59.7 Å². The van der Waals surface area contributed by atoms with Crippen molar-refractivity contribution in [3.8, 4) is 0 Å². The third-order valence-electron chi connectivity index (χ3n) is 2.93. The van der Waals surface area contributed by atoms with Crippen molar-refractivity contribution < 1.29 is 13.6 Å². The highest BCUT2D eigenvalue weighted by atomic mass is 19.1. The second kappa shape index (κ2) is 5.18. The van der Waals surface area contributed by atoms with Crippen LogP contribution in [0.5, 0.6) is 0 Å². The first-order valence-corrected chi connectivity index (χ1v) is 5.79. The predicted molar refractivity (Wildman–Crippen MR) is 70.9 cm³/mol. The number of Topliss-reactive ketones (excluding diaryl/α,β-unsaturated/α-hetero) is 1. The number of rotatable bonds is 3. The summed E-state index contributed by atoms with van der Waals surface area (Å²) in [5.41, 5.74) is 1.59. The standard InChI is InChI=1S/C15H13F2NO/c1-10(19)11-3-6-13(7-4-11)18(2)15-8-5-12(16)9-14(15)17/h3-9H,1-2H3. The van der Waals surface area contributed by atoms with Crippen LogP contribution in [-0.4, -0.2) is 12.8 Å². The van der Waals surface area contributed by atoms with Crippen LogP contribution in [0, 0.1) is 11.6 Å². The lowest BCUT2D eigenvalue weighted by molar-refractivity contribution is 0.101. The van der Waals surface area contributed by atoms with E-state index < -0.39 is 11.6 Å². The molecule has 0 bridgehead atoms. The van der Waals surface area contributed by atoms with Crippen LogP contribution in [-0.2, 0) is 0 Å². The number of carbonyl (C=O) groups is 1. The van der Waals surface area contributed by atoms with Crippen molar-refractivity contribution in [1.29, 1.82) is 0 Å². The van der Waals surface area contributed by atoms with Gasteiger partial charge in [0.1, 0.15) is 11.6 Å². The molecule has 19 heavy (non-hydrogen) atoms. The zero-order chi connectivity index (χ0) is 14.0. The van der Waals surface area contributed by atoms with Crippen molar-refractivity contribution in [1.82, 2.24) is 0 Å². The summed E-state index contributed by atoms with van der Waals surface area (Å²) in [7, 11) is 1.68. The van der Waals surface area contributed by atoms with E-state index >= 15 is 0 Å².